The smallest absolute Gasteiger partial charge is 0.0113 e. The van der Waals surface area contributed by atoms with Crippen molar-refractivity contribution in [1.82, 2.24) is 0 Å². The van der Waals surface area contributed by atoms with E-state index in [-0.39, 0.29) is 0 Å². The van der Waals surface area contributed by atoms with Crippen molar-refractivity contribution in [2.24, 2.45) is 11.7 Å². The third-order valence-electron chi connectivity index (χ3n) is 2.39. The SMILES string of the molecule is CCC(C)C(N)Cc1cccs1. The van der Waals surface area contributed by atoms with E-state index in [9.17, 15) is 0 Å². The largest absolute Gasteiger partial charge is 0.327 e. The van der Waals surface area contributed by atoms with Crippen molar-refractivity contribution in [3.05, 3.63) is 22.4 Å². The third kappa shape index (κ3) is 2.61. The molecule has 0 spiro atoms. The van der Waals surface area contributed by atoms with Crippen molar-refractivity contribution in [2.75, 3.05) is 0 Å². The number of thiophene rings is 1. The van der Waals surface area contributed by atoms with E-state index < -0.39 is 0 Å². The minimum atomic E-state index is 0.327. The zero-order valence-electron chi connectivity index (χ0n) is 7.79. The Morgan fingerprint density at radius 3 is 2.83 bits per heavy atom. The predicted octanol–water partition coefficient (Wildman–Crippen LogP) is 2.66. The molecule has 2 unspecified atom stereocenters. The maximum Gasteiger partial charge on any atom is 0.0113 e. The average molecular weight is 183 g/mol. The Kier molecular flexibility index (Phi) is 3.76. The first-order valence-electron chi connectivity index (χ1n) is 4.52. The van der Waals surface area contributed by atoms with Gasteiger partial charge in [0.25, 0.3) is 0 Å². The standard InChI is InChI=1S/C10H17NS/c1-3-8(2)10(11)7-9-5-4-6-12-9/h4-6,8,10H,3,7,11H2,1-2H3. The lowest BCUT2D eigenvalue weighted by molar-refractivity contribution is 0.442. The van der Waals surface area contributed by atoms with Crippen LogP contribution in [-0.4, -0.2) is 6.04 Å². The molecule has 0 bridgehead atoms. The summed E-state index contributed by atoms with van der Waals surface area (Å²) in [5, 5.41) is 2.11. The second kappa shape index (κ2) is 4.63. The van der Waals surface area contributed by atoms with Crippen molar-refractivity contribution in [2.45, 2.75) is 32.7 Å². The van der Waals surface area contributed by atoms with Crippen LogP contribution in [0.3, 0.4) is 0 Å². The molecule has 0 aliphatic heterocycles. The summed E-state index contributed by atoms with van der Waals surface area (Å²) in [7, 11) is 0. The van der Waals surface area contributed by atoms with Crippen molar-refractivity contribution >= 4 is 11.3 Å². The lowest BCUT2D eigenvalue weighted by atomic mass is 9.97. The van der Waals surface area contributed by atoms with E-state index in [1.807, 2.05) is 0 Å². The van der Waals surface area contributed by atoms with E-state index in [1.165, 1.54) is 11.3 Å². The van der Waals surface area contributed by atoms with Gasteiger partial charge in [-0.15, -0.1) is 11.3 Å². The Morgan fingerprint density at radius 2 is 2.33 bits per heavy atom. The zero-order valence-corrected chi connectivity index (χ0v) is 8.60. The summed E-state index contributed by atoms with van der Waals surface area (Å²) in [6.07, 6.45) is 2.21. The summed E-state index contributed by atoms with van der Waals surface area (Å²) in [6, 6.07) is 4.57. The summed E-state index contributed by atoms with van der Waals surface area (Å²) >= 11 is 1.80. The van der Waals surface area contributed by atoms with Gasteiger partial charge in [-0.2, -0.15) is 0 Å². The van der Waals surface area contributed by atoms with E-state index >= 15 is 0 Å². The Morgan fingerprint density at radius 1 is 1.58 bits per heavy atom. The van der Waals surface area contributed by atoms with Crippen molar-refractivity contribution < 1.29 is 0 Å². The Hall–Kier alpha value is -0.340. The molecule has 0 aromatic carbocycles. The molecule has 2 heteroatoms. The van der Waals surface area contributed by atoms with Crippen LogP contribution in [0.4, 0.5) is 0 Å². The highest BCUT2D eigenvalue weighted by atomic mass is 32.1. The maximum atomic E-state index is 6.03. The fraction of sp³-hybridized carbons (Fsp3) is 0.600. The fourth-order valence-electron chi connectivity index (χ4n) is 1.16. The highest BCUT2D eigenvalue weighted by molar-refractivity contribution is 7.09. The van der Waals surface area contributed by atoms with E-state index in [1.54, 1.807) is 11.3 Å². The molecule has 1 aromatic rings. The molecule has 0 amide bonds. The fourth-order valence-corrected chi connectivity index (χ4v) is 1.94. The molecule has 1 nitrogen and oxygen atoms in total. The lowest BCUT2D eigenvalue weighted by Gasteiger charge is -2.16. The van der Waals surface area contributed by atoms with Gasteiger partial charge >= 0.3 is 0 Å². The average Bonchev–Trinajstić information content (AvgIpc) is 2.55. The minimum absolute atomic E-state index is 0.327. The van der Waals surface area contributed by atoms with Crippen molar-refractivity contribution in [3.63, 3.8) is 0 Å². The number of hydrogen-bond donors (Lipinski definition) is 1. The van der Waals surface area contributed by atoms with Gasteiger partial charge < -0.3 is 5.73 Å². The second-order valence-electron chi connectivity index (χ2n) is 3.33. The number of nitrogens with two attached hydrogens (primary N) is 1. The van der Waals surface area contributed by atoms with E-state index in [0.717, 1.165) is 6.42 Å². The minimum Gasteiger partial charge on any atom is -0.327 e. The topological polar surface area (TPSA) is 26.0 Å². The Bertz CT molecular complexity index is 206. The molecule has 0 fully saturated rings. The van der Waals surface area contributed by atoms with Crippen molar-refractivity contribution in [3.8, 4) is 0 Å². The van der Waals surface area contributed by atoms with Crippen LogP contribution in [-0.2, 0) is 6.42 Å². The van der Waals surface area contributed by atoms with Gasteiger partial charge in [-0.25, -0.2) is 0 Å². The van der Waals surface area contributed by atoms with E-state index in [4.69, 9.17) is 5.73 Å². The molecule has 0 saturated heterocycles. The molecular weight excluding hydrogens is 166 g/mol. The molecule has 2 N–H and O–H groups in total. The molecular formula is C10H17NS. The monoisotopic (exact) mass is 183 g/mol. The molecule has 0 aliphatic rings. The molecule has 2 atom stereocenters. The van der Waals surface area contributed by atoms with E-state index in [2.05, 4.69) is 31.4 Å². The van der Waals surface area contributed by atoms with Gasteiger partial charge in [-0.3, -0.25) is 0 Å². The number of rotatable bonds is 4. The van der Waals surface area contributed by atoms with Crippen LogP contribution in [0.15, 0.2) is 17.5 Å². The van der Waals surface area contributed by atoms with Gasteiger partial charge in [0.15, 0.2) is 0 Å². The highest BCUT2D eigenvalue weighted by Gasteiger charge is 2.11. The summed E-state index contributed by atoms with van der Waals surface area (Å²) in [5.74, 6) is 0.632. The van der Waals surface area contributed by atoms with Crippen LogP contribution in [0.25, 0.3) is 0 Å². The third-order valence-corrected chi connectivity index (χ3v) is 3.29. The number of hydrogen-bond acceptors (Lipinski definition) is 2. The lowest BCUT2D eigenvalue weighted by Crippen LogP contribution is -2.29. The molecule has 0 radical (unpaired) electrons. The van der Waals surface area contributed by atoms with Crippen LogP contribution in [0.5, 0.6) is 0 Å². The van der Waals surface area contributed by atoms with Crippen LogP contribution in [0.1, 0.15) is 25.1 Å². The Labute approximate surface area is 78.6 Å². The summed E-state index contributed by atoms with van der Waals surface area (Å²) in [6.45, 7) is 4.41. The molecule has 68 valence electrons. The van der Waals surface area contributed by atoms with Crippen LogP contribution in [0.2, 0.25) is 0 Å². The molecule has 1 heterocycles. The van der Waals surface area contributed by atoms with Gasteiger partial charge in [-0.1, -0.05) is 26.3 Å². The first kappa shape index (κ1) is 9.75. The van der Waals surface area contributed by atoms with Gasteiger partial charge in [-0.05, 0) is 23.8 Å². The highest BCUT2D eigenvalue weighted by Crippen LogP contribution is 2.15. The van der Waals surface area contributed by atoms with Gasteiger partial charge in [0.2, 0.25) is 0 Å². The van der Waals surface area contributed by atoms with Crippen LogP contribution >= 0.6 is 11.3 Å². The molecule has 0 aliphatic carbocycles. The quantitative estimate of drug-likeness (QED) is 0.763. The van der Waals surface area contributed by atoms with Crippen LogP contribution < -0.4 is 5.73 Å². The first-order valence-corrected chi connectivity index (χ1v) is 5.40. The molecule has 12 heavy (non-hydrogen) atoms. The Balaban J connectivity index is 2.41. The van der Waals surface area contributed by atoms with Gasteiger partial charge in [0, 0.05) is 10.9 Å². The first-order chi connectivity index (χ1) is 5.74. The van der Waals surface area contributed by atoms with Gasteiger partial charge in [0.05, 0.1) is 0 Å². The second-order valence-corrected chi connectivity index (χ2v) is 4.37. The zero-order chi connectivity index (χ0) is 8.97. The normalized spacial score (nSPS) is 15.9. The van der Waals surface area contributed by atoms with E-state index in [0.29, 0.717) is 12.0 Å². The maximum absolute atomic E-state index is 6.03. The summed E-state index contributed by atoms with van der Waals surface area (Å²) < 4.78 is 0. The van der Waals surface area contributed by atoms with Crippen molar-refractivity contribution in [1.29, 1.82) is 0 Å². The summed E-state index contributed by atoms with van der Waals surface area (Å²) in [4.78, 5) is 1.41. The van der Waals surface area contributed by atoms with Gasteiger partial charge in [0.1, 0.15) is 0 Å². The summed E-state index contributed by atoms with van der Waals surface area (Å²) in [5.41, 5.74) is 6.03. The molecule has 1 aromatic heterocycles. The predicted molar refractivity (Wildman–Crippen MR) is 55.5 cm³/mol. The molecule has 1 rings (SSSR count). The van der Waals surface area contributed by atoms with Crippen LogP contribution in [0, 0.1) is 5.92 Å². The molecule has 0 saturated carbocycles.